The highest BCUT2D eigenvalue weighted by molar-refractivity contribution is 9.10. The lowest BCUT2D eigenvalue weighted by Crippen LogP contribution is -2.12. The molecular weight excluding hydrogens is 314 g/mol. The first-order chi connectivity index (χ1) is 9.60. The van der Waals surface area contributed by atoms with Gasteiger partial charge in [-0.05, 0) is 61.9 Å². The molecule has 1 N–H and O–H groups in total. The average molecular weight is 334 g/mol. The van der Waals surface area contributed by atoms with Gasteiger partial charge in [-0.1, -0.05) is 28.9 Å². The predicted molar refractivity (Wildman–Crippen MR) is 87.5 cm³/mol. The van der Waals surface area contributed by atoms with Crippen LogP contribution in [-0.4, -0.2) is 6.54 Å². The Labute approximate surface area is 129 Å². The molecule has 2 aromatic rings. The minimum absolute atomic E-state index is 0.802. The summed E-state index contributed by atoms with van der Waals surface area (Å²) >= 11 is 3.51. The summed E-state index contributed by atoms with van der Waals surface area (Å²) in [4.78, 5) is 0. The number of halogens is 1. The number of aryl methyl sites for hydroxylation is 2. The van der Waals surface area contributed by atoms with Gasteiger partial charge in [-0.2, -0.15) is 0 Å². The molecule has 2 rings (SSSR count). The van der Waals surface area contributed by atoms with Gasteiger partial charge >= 0.3 is 0 Å². The fraction of sp³-hybridized carbons (Fsp3) is 0.294. The van der Waals surface area contributed by atoms with E-state index < -0.39 is 0 Å². The van der Waals surface area contributed by atoms with Crippen molar-refractivity contribution in [2.75, 3.05) is 6.54 Å². The van der Waals surface area contributed by atoms with Gasteiger partial charge in [0.2, 0.25) is 0 Å². The van der Waals surface area contributed by atoms with Crippen LogP contribution in [0.1, 0.15) is 23.6 Å². The molecule has 0 fully saturated rings. The zero-order chi connectivity index (χ0) is 14.5. The normalized spacial score (nSPS) is 10.6. The number of hydrogen-bond donors (Lipinski definition) is 1. The molecule has 0 radical (unpaired) electrons. The monoisotopic (exact) mass is 333 g/mol. The Kier molecular flexibility index (Phi) is 5.21. The van der Waals surface area contributed by atoms with Crippen LogP contribution in [0, 0.1) is 13.8 Å². The van der Waals surface area contributed by atoms with Crippen LogP contribution in [0.5, 0.6) is 11.5 Å². The molecule has 0 heterocycles. The van der Waals surface area contributed by atoms with Crippen molar-refractivity contribution in [2.45, 2.75) is 27.3 Å². The fourth-order valence-corrected chi connectivity index (χ4v) is 2.36. The predicted octanol–water partition coefficient (Wildman–Crippen LogP) is 4.97. The van der Waals surface area contributed by atoms with E-state index in [0.29, 0.717) is 0 Å². The molecule has 106 valence electrons. The molecule has 0 bridgehead atoms. The smallest absolute Gasteiger partial charge is 0.131 e. The number of benzene rings is 2. The Hall–Kier alpha value is -1.32. The highest BCUT2D eigenvalue weighted by atomic mass is 79.9. The minimum atomic E-state index is 0.802. The lowest BCUT2D eigenvalue weighted by molar-refractivity contribution is 0.472. The van der Waals surface area contributed by atoms with Gasteiger partial charge in [-0.3, -0.25) is 0 Å². The summed E-state index contributed by atoms with van der Waals surface area (Å²) in [5.41, 5.74) is 3.67. The number of rotatable bonds is 5. The Morgan fingerprint density at radius 3 is 2.55 bits per heavy atom. The topological polar surface area (TPSA) is 21.3 Å². The first kappa shape index (κ1) is 15.1. The van der Waals surface area contributed by atoms with Gasteiger partial charge in [0, 0.05) is 16.6 Å². The van der Waals surface area contributed by atoms with E-state index in [2.05, 4.69) is 60.2 Å². The molecule has 0 spiro atoms. The Bertz CT molecular complexity index is 596. The van der Waals surface area contributed by atoms with Crippen LogP contribution >= 0.6 is 15.9 Å². The zero-order valence-electron chi connectivity index (χ0n) is 12.2. The molecule has 0 aliphatic heterocycles. The van der Waals surface area contributed by atoms with Crippen molar-refractivity contribution in [2.24, 2.45) is 0 Å². The summed E-state index contributed by atoms with van der Waals surface area (Å²) in [5, 5.41) is 3.34. The summed E-state index contributed by atoms with van der Waals surface area (Å²) in [6.07, 6.45) is 0. The molecule has 0 aliphatic carbocycles. The molecule has 0 saturated carbocycles. The Balaban J connectivity index is 2.25. The third-order valence-corrected chi connectivity index (χ3v) is 3.79. The van der Waals surface area contributed by atoms with Crippen molar-refractivity contribution < 1.29 is 4.74 Å². The van der Waals surface area contributed by atoms with Crippen LogP contribution in [-0.2, 0) is 6.54 Å². The third-order valence-electron chi connectivity index (χ3n) is 3.29. The molecule has 3 heteroatoms. The Morgan fingerprint density at radius 2 is 1.85 bits per heavy atom. The number of nitrogens with one attached hydrogen (secondary N) is 1. The largest absolute Gasteiger partial charge is 0.457 e. The van der Waals surface area contributed by atoms with Crippen molar-refractivity contribution in [3.63, 3.8) is 0 Å². The van der Waals surface area contributed by atoms with Gasteiger partial charge in [-0.25, -0.2) is 0 Å². The molecule has 0 saturated heterocycles. The molecule has 0 amide bonds. The molecule has 2 aromatic carbocycles. The third kappa shape index (κ3) is 3.84. The molecule has 0 atom stereocenters. The SMILES string of the molecule is CCNCc1cc(Br)ccc1Oc1ccc(C)c(C)c1. The van der Waals surface area contributed by atoms with Gasteiger partial charge in [0.25, 0.3) is 0 Å². The van der Waals surface area contributed by atoms with Crippen molar-refractivity contribution >= 4 is 15.9 Å². The van der Waals surface area contributed by atoms with Crippen molar-refractivity contribution in [3.05, 3.63) is 57.6 Å². The van der Waals surface area contributed by atoms with Crippen molar-refractivity contribution in [1.29, 1.82) is 0 Å². The maximum atomic E-state index is 6.04. The van der Waals surface area contributed by atoms with Crippen LogP contribution in [0.25, 0.3) is 0 Å². The number of hydrogen-bond acceptors (Lipinski definition) is 2. The maximum absolute atomic E-state index is 6.04. The second-order valence-electron chi connectivity index (χ2n) is 4.88. The summed E-state index contributed by atoms with van der Waals surface area (Å²) < 4.78 is 7.10. The van der Waals surface area contributed by atoms with E-state index in [0.717, 1.165) is 34.6 Å². The maximum Gasteiger partial charge on any atom is 0.131 e. The standard InChI is InChI=1S/C17H20BrNO/c1-4-19-11-14-10-15(18)6-8-17(14)20-16-7-5-12(2)13(3)9-16/h5-10,19H,4,11H2,1-3H3. The lowest BCUT2D eigenvalue weighted by Gasteiger charge is -2.13. The van der Waals surface area contributed by atoms with E-state index in [-0.39, 0.29) is 0 Å². The molecule has 2 nitrogen and oxygen atoms in total. The molecule has 0 aliphatic rings. The quantitative estimate of drug-likeness (QED) is 0.834. The highest BCUT2D eigenvalue weighted by Gasteiger charge is 2.06. The number of ether oxygens (including phenoxy) is 1. The van der Waals surface area contributed by atoms with Crippen LogP contribution in [0.4, 0.5) is 0 Å². The van der Waals surface area contributed by atoms with Gasteiger partial charge in [-0.15, -0.1) is 0 Å². The minimum Gasteiger partial charge on any atom is -0.457 e. The van der Waals surface area contributed by atoms with Crippen molar-refractivity contribution in [1.82, 2.24) is 5.32 Å². The molecular formula is C17H20BrNO. The second kappa shape index (κ2) is 6.91. The van der Waals surface area contributed by atoms with Crippen LogP contribution in [0.15, 0.2) is 40.9 Å². The molecule has 0 aromatic heterocycles. The van der Waals surface area contributed by atoms with E-state index in [1.807, 2.05) is 18.2 Å². The van der Waals surface area contributed by atoms with Crippen LogP contribution in [0.3, 0.4) is 0 Å². The van der Waals surface area contributed by atoms with Gasteiger partial charge in [0.05, 0.1) is 0 Å². The summed E-state index contributed by atoms with van der Waals surface area (Å²) in [6.45, 7) is 8.05. The van der Waals surface area contributed by atoms with E-state index in [9.17, 15) is 0 Å². The van der Waals surface area contributed by atoms with Crippen LogP contribution < -0.4 is 10.1 Å². The summed E-state index contributed by atoms with van der Waals surface area (Å²) in [5.74, 6) is 1.78. The molecule has 20 heavy (non-hydrogen) atoms. The zero-order valence-corrected chi connectivity index (χ0v) is 13.8. The van der Waals surface area contributed by atoms with E-state index in [1.54, 1.807) is 0 Å². The average Bonchev–Trinajstić information content (AvgIpc) is 2.43. The first-order valence-electron chi connectivity index (χ1n) is 6.84. The molecule has 0 unspecified atom stereocenters. The van der Waals surface area contributed by atoms with E-state index >= 15 is 0 Å². The highest BCUT2D eigenvalue weighted by Crippen LogP contribution is 2.29. The lowest BCUT2D eigenvalue weighted by atomic mass is 10.1. The summed E-state index contributed by atoms with van der Waals surface area (Å²) in [7, 11) is 0. The Morgan fingerprint density at radius 1 is 1.05 bits per heavy atom. The first-order valence-corrected chi connectivity index (χ1v) is 7.63. The van der Waals surface area contributed by atoms with Gasteiger partial charge in [0.1, 0.15) is 11.5 Å². The van der Waals surface area contributed by atoms with Gasteiger partial charge in [0.15, 0.2) is 0 Å². The summed E-state index contributed by atoms with van der Waals surface area (Å²) in [6, 6.07) is 12.3. The van der Waals surface area contributed by atoms with E-state index in [4.69, 9.17) is 4.74 Å². The second-order valence-corrected chi connectivity index (χ2v) is 5.80. The van der Waals surface area contributed by atoms with Crippen molar-refractivity contribution in [3.8, 4) is 11.5 Å². The van der Waals surface area contributed by atoms with Crippen LogP contribution in [0.2, 0.25) is 0 Å². The van der Waals surface area contributed by atoms with Gasteiger partial charge < -0.3 is 10.1 Å². The fourth-order valence-electron chi connectivity index (χ4n) is 1.95. The van der Waals surface area contributed by atoms with E-state index in [1.165, 1.54) is 11.1 Å².